The van der Waals surface area contributed by atoms with Gasteiger partial charge >= 0.3 is 5.97 Å². The topological polar surface area (TPSA) is 44.1 Å². The van der Waals surface area contributed by atoms with Gasteiger partial charge in [0.05, 0.1) is 11.3 Å². The maximum atomic E-state index is 11.5. The van der Waals surface area contributed by atoms with Crippen molar-refractivity contribution in [3.8, 4) is 0 Å². The third-order valence-corrected chi connectivity index (χ3v) is 3.14. The Morgan fingerprint density at radius 1 is 1.73 bits per heavy atom. The van der Waals surface area contributed by atoms with Crippen molar-refractivity contribution in [3.63, 3.8) is 0 Å². The summed E-state index contributed by atoms with van der Waals surface area (Å²) in [5, 5.41) is 0. The van der Waals surface area contributed by atoms with Gasteiger partial charge in [0.25, 0.3) is 0 Å². The molecule has 2 rings (SSSR count). The van der Waals surface area contributed by atoms with E-state index in [2.05, 4.69) is 4.98 Å². The molecule has 0 aromatic carbocycles. The molecule has 0 aliphatic carbocycles. The van der Waals surface area contributed by atoms with Gasteiger partial charge in [0, 0.05) is 7.05 Å². The first-order valence-corrected chi connectivity index (χ1v) is 5.61. The zero-order valence-corrected chi connectivity index (χ0v) is 9.85. The maximum Gasteiger partial charge on any atom is 0.355 e. The molecule has 0 saturated heterocycles. The Morgan fingerprint density at radius 3 is 3.07 bits per heavy atom. The van der Waals surface area contributed by atoms with E-state index in [9.17, 15) is 4.79 Å². The van der Waals surface area contributed by atoms with Crippen molar-refractivity contribution in [1.82, 2.24) is 9.55 Å². The van der Waals surface area contributed by atoms with Gasteiger partial charge in [-0.15, -0.1) is 11.3 Å². The lowest BCUT2D eigenvalue weighted by Crippen LogP contribution is -2.09. The second-order valence-electron chi connectivity index (χ2n) is 2.96. The van der Waals surface area contributed by atoms with Crippen LogP contribution in [0.25, 0.3) is 10.3 Å². The summed E-state index contributed by atoms with van der Waals surface area (Å²) < 4.78 is 7.98. The highest BCUT2D eigenvalue weighted by Gasteiger charge is 2.16. The number of thiazole rings is 1. The van der Waals surface area contributed by atoms with Crippen LogP contribution >= 0.6 is 22.9 Å². The molecule has 0 aliphatic heterocycles. The SMILES string of the molecule is CCOC(=O)c1cc2sc(Cl)nc2n1C. The molecule has 0 amide bonds. The van der Waals surface area contributed by atoms with E-state index in [1.807, 2.05) is 0 Å². The molecule has 4 nitrogen and oxygen atoms in total. The molecular weight excluding hydrogens is 236 g/mol. The van der Waals surface area contributed by atoms with E-state index in [-0.39, 0.29) is 5.97 Å². The molecule has 0 atom stereocenters. The summed E-state index contributed by atoms with van der Waals surface area (Å²) in [5.74, 6) is -0.332. The number of halogens is 1. The molecule has 6 heteroatoms. The van der Waals surface area contributed by atoms with E-state index in [1.54, 1.807) is 24.6 Å². The number of ether oxygens (including phenoxy) is 1. The fourth-order valence-electron chi connectivity index (χ4n) is 1.37. The minimum atomic E-state index is -0.332. The molecule has 0 unspecified atom stereocenters. The first-order valence-electron chi connectivity index (χ1n) is 4.42. The molecule has 80 valence electrons. The van der Waals surface area contributed by atoms with E-state index in [4.69, 9.17) is 16.3 Å². The third kappa shape index (κ3) is 1.72. The van der Waals surface area contributed by atoms with Crippen LogP contribution in [0.2, 0.25) is 4.47 Å². The number of aryl methyl sites for hydroxylation is 1. The molecule has 0 bridgehead atoms. The van der Waals surface area contributed by atoms with E-state index >= 15 is 0 Å². The van der Waals surface area contributed by atoms with Crippen LogP contribution in [0.4, 0.5) is 0 Å². The number of esters is 1. The molecule has 0 spiro atoms. The highest BCUT2D eigenvalue weighted by molar-refractivity contribution is 7.22. The van der Waals surface area contributed by atoms with E-state index in [0.29, 0.717) is 22.4 Å². The summed E-state index contributed by atoms with van der Waals surface area (Å²) >= 11 is 7.12. The third-order valence-electron chi connectivity index (χ3n) is 2.04. The average molecular weight is 245 g/mol. The minimum Gasteiger partial charge on any atom is -0.461 e. The molecule has 0 saturated carbocycles. The first kappa shape index (κ1) is 10.4. The van der Waals surface area contributed by atoms with Crippen molar-refractivity contribution in [2.24, 2.45) is 7.05 Å². The van der Waals surface area contributed by atoms with Crippen LogP contribution in [0.5, 0.6) is 0 Å². The van der Waals surface area contributed by atoms with Gasteiger partial charge in [-0.2, -0.15) is 0 Å². The molecule has 0 radical (unpaired) electrons. The van der Waals surface area contributed by atoms with Crippen molar-refractivity contribution in [1.29, 1.82) is 0 Å². The maximum absolute atomic E-state index is 11.5. The van der Waals surface area contributed by atoms with Crippen molar-refractivity contribution in [3.05, 3.63) is 16.2 Å². The van der Waals surface area contributed by atoms with Gasteiger partial charge in [-0.25, -0.2) is 9.78 Å². The number of rotatable bonds is 2. The molecule has 0 N–H and O–H groups in total. The summed E-state index contributed by atoms with van der Waals surface area (Å²) in [7, 11) is 1.77. The summed E-state index contributed by atoms with van der Waals surface area (Å²) in [4.78, 5) is 15.6. The van der Waals surface area contributed by atoms with Crippen molar-refractivity contribution < 1.29 is 9.53 Å². The van der Waals surface area contributed by atoms with Gasteiger partial charge in [-0.05, 0) is 13.0 Å². The van der Waals surface area contributed by atoms with Gasteiger partial charge in [-0.3, -0.25) is 0 Å². The van der Waals surface area contributed by atoms with Crippen LogP contribution in [0.3, 0.4) is 0 Å². The van der Waals surface area contributed by atoms with Crippen LogP contribution in [-0.4, -0.2) is 22.1 Å². The fraction of sp³-hybridized carbons (Fsp3) is 0.333. The number of aromatic nitrogens is 2. The van der Waals surface area contributed by atoms with Gasteiger partial charge in [0.1, 0.15) is 5.69 Å². The summed E-state index contributed by atoms with van der Waals surface area (Å²) in [5.41, 5.74) is 1.22. The van der Waals surface area contributed by atoms with Crippen molar-refractivity contribution in [2.75, 3.05) is 6.61 Å². The second-order valence-corrected chi connectivity index (χ2v) is 4.58. The smallest absolute Gasteiger partial charge is 0.355 e. The number of hydrogen-bond acceptors (Lipinski definition) is 4. The molecule has 0 fully saturated rings. The van der Waals surface area contributed by atoms with Crippen LogP contribution in [0.1, 0.15) is 17.4 Å². The van der Waals surface area contributed by atoms with Gasteiger partial charge in [0.2, 0.25) is 0 Å². The standard InChI is InChI=1S/C9H9ClN2O2S/c1-3-14-8(13)5-4-6-7(12(5)2)11-9(10)15-6/h4H,3H2,1-2H3. The monoisotopic (exact) mass is 244 g/mol. The van der Waals surface area contributed by atoms with Crippen molar-refractivity contribution >= 4 is 39.3 Å². The number of hydrogen-bond donors (Lipinski definition) is 0. The highest BCUT2D eigenvalue weighted by atomic mass is 35.5. The lowest BCUT2D eigenvalue weighted by Gasteiger charge is -2.02. The lowest BCUT2D eigenvalue weighted by atomic mass is 10.4. The Morgan fingerprint density at radius 2 is 2.47 bits per heavy atom. The van der Waals surface area contributed by atoms with E-state index < -0.39 is 0 Å². The number of carbonyl (C=O) groups excluding carboxylic acids is 1. The molecule has 15 heavy (non-hydrogen) atoms. The molecule has 2 heterocycles. The van der Waals surface area contributed by atoms with Gasteiger partial charge < -0.3 is 9.30 Å². The summed E-state index contributed by atoms with van der Waals surface area (Å²) in [6.07, 6.45) is 0. The Labute approximate surface area is 95.4 Å². The average Bonchev–Trinajstić information content (AvgIpc) is 2.66. The number of fused-ring (bicyclic) bond motifs is 1. The number of carbonyl (C=O) groups is 1. The molecular formula is C9H9ClN2O2S. The Kier molecular flexibility index (Phi) is 2.67. The van der Waals surface area contributed by atoms with Crippen LogP contribution in [0, 0.1) is 0 Å². The Balaban J connectivity index is 2.49. The van der Waals surface area contributed by atoms with Gasteiger partial charge in [0.15, 0.2) is 10.1 Å². The molecule has 0 aliphatic rings. The zero-order chi connectivity index (χ0) is 11.0. The van der Waals surface area contributed by atoms with E-state index in [0.717, 1.165) is 4.70 Å². The quantitative estimate of drug-likeness (QED) is 0.763. The minimum absolute atomic E-state index is 0.332. The second kappa shape index (κ2) is 3.83. The Hall–Kier alpha value is -1.07. The van der Waals surface area contributed by atoms with Gasteiger partial charge in [-0.1, -0.05) is 11.6 Å². The summed E-state index contributed by atoms with van der Waals surface area (Å²) in [6, 6.07) is 1.75. The highest BCUT2D eigenvalue weighted by Crippen LogP contribution is 2.28. The first-order chi connectivity index (χ1) is 7.13. The number of nitrogens with zero attached hydrogens (tertiary/aromatic N) is 2. The fourth-order valence-corrected chi connectivity index (χ4v) is 2.46. The molecule has 2 aromatic heterocycles. The predicted molar refractivity (Wildman–Crippen MR) is 59.6 cm³/mol. The normalized spacial score (nSPS) is 10.9. The van der Waals surface area contributed by atoms with E-state index in [1.165, 1.54) is 11.3 Å². The van der Waals surface area contributed by atoms with Crippen LogP contribution in [-0.2, 0) is 11.8 Å². The Bertz CT molecular complexity index is 517. The van der Waals surface area contributed by atoms with Crippen LogP contribution in [0.15, 0.2) is 6.07 Å². The molecule has 2 aromatic rings. The lowest BCUT2D eigenvalue weighted by molar-refractivity contribution is 0.0516. The zero-order valence-electron chi connectivity index (χ0n) is 8.28. The largest absolute Gasteiger partial charge is 0.461 e. The van der Waals surface area contributed by atoms with Crippen molar-refractivity contribution in [2.45, 2.75) is 6.92 Å². The van der Waals surface area contributed by atoms with Crippen LogP contribution < -0.4 is 0 Å². The predicted octanol–water partition coefficient (Wildman–Crippen LogP) is 2.46. The summed E-state index contributed by atoms with van der Waals surface area (Å²) in [6.45, 7) is 2.14.